The van der Waals surface area contributed by atoms with Crippen molar-refractivity contribution >= 4 is 11.9 Å². The lowest BCUT2D eigenvalue weighted by atomic mass is 10.1. The minimum Gasteiger partial charge on any atom is -0.478 e. The minimum atomic E-state index is -0.993. The van der Waals surface area contributed by atoms with Gasteiger partial charge in [0.05, 0.1) is 5.56 Å². The molecule has 1 rings (SSSR count). The van der Waals surface area contributed by atoms with E-state index in [9.17, 15) is 9.59 Å². The van der Waals surface area contributed by atoms with Crippen molar-refractivity contribution in [2.24, 2.45) is 0 Å². The third-order valence-corrected chi connectivity index (χ3v) is 3.25. The summed E-state index contributed by atoms with van der Waals surface area (Å²) in [7, 11) is 2.04. The second-order valence-corrected chi connectivity index (χ2v) is 5.37. The molecule has 116 valence electrons. The maximum absolute atomic E-state index is 12.1. The molecule has 0 heterocycles. The molecule has 2 N–H and O–H groups in total. The van der Waals surface area contributed by atoms with E-state index in [1.165, 1.54) is 24.3 Å². The molecule has 0 bridgehead atoms. The Balaban J connectivity index is 2.50. The molecule has 1 atom stereocenters. The third kappa shape index (κ3) is 5.95. The van der Waals surface area contributed by atoms with Crippen LogP contribution in [0.2, 0.25) is 0 Å². The van der Waals surface area contributed by atoms with Gasteiger partial charge in [-0.3, -0.25) is 4.79 Å². The Bertz CT molecular complexity index is 471. The average Bonchev–Trinajstić information content (AvgIpc) is 2.44. The monoisotopic (exact) mass is 292 g/mol. The lowest BCUT2D eigenvalue weighted by molar-refractivity contribution is 0.0696. The molecule has 0 saturated carbocycles. The Labute approximate surface area is 126 Å². The van der Waals surface area contributed by atoms with E-state index in [4.69, 9.17) is 5.11 Å². The topological polar surface area (TPSA) is 69.6 Å². The van der Waals surface area contributed by atoms with Crippen LogP contribution in [0.25, 0.3) is 0 Å². The number of likely N-dealkylation sites (N-methyl/N-ethyl adjacent to an activating group) is 1. The molecule has 5 heteroatoms. The number of hydrogen-bond donors (Lipinski definition) is 2. The molecule has 21 heavy (non-hydrogen) atoms. The zero-order valence-electron chi connectivity index (χ0n) is 12.9. The van der Waals surface area contributed by atoms with Gasteiger partial charge in [-0.05, 0) is 51.2 Å². The van der Waals surface area contributed by atoms with Gasteiger partial charge in [0.25, 0.3) is 5.91 Å². The quantitative estimate of drug-likeness (QED) is 0.771. The van der Waals surface area contributed by atoms with E-state index in [-0.39, 0.29) is 17.5 Å². The number of nitrogens with one attached hydrogen (secondary N) is 1. The molecule has 0 unspecified atom stereocenters. The molecule has 0 aliphatic heterocycles. The Hall–Kier alpha value is -1.88. The van der Waals surface area contributed by atoms with Crippen LogP contribution in [0.15, 0.2) is 24.3 Å². The lowest BCUT2D eigenvalue weighted by Gasteiger charge is -2.22. The standard InChI is InChI=1S/C16H24N2O3/c1-4-5-10-18(3)11-12(2)17-15(19)13-6-8-14(9-7-13)16(20)21/h6-9,12H,4-5,10-11H2,1-3H3,(H,17,19)(H,20,21)/t12-/m0/s1. The van der Waals surface area contributed by atoms with Gasteiger partial charge in [-0.15, -0.1) is 0 Å². The highest BCUT2D eigenvalue weighted by atomic mass is 16.4. The lowest BCUT2D eigenvalue weighted by Crippen LogP contribution is -2.40. The van der Waals surface area contributed by atoms with Crippen LogP contribution in [0.4, 0.5) is 0 Å². The second-order valence-electron chi connectivity index (χ2n) is 5.37. The van der Waals surface area contributed by atoms with E-state index in [1.807, 2.05) is 14.0 Å². The largest absolute Gasteiger partial charge is 0.478 e. The molecule has 0 aromatic heterocycles. The maximum Gasteiger partial charge on any atom is 0.335 e. The van der Waals surface area contributed by atoms with Crippen LogP contribution in [0.1, 0.15) is 47.4 Å². The molecule has 0 saturated heterocycles. The van der Waals surface area contributed by atoms with Crippen molar-refractivity contribution in [1.29, 1.82) is 0 Å². The van der Waals surface area contributed by atoms with E-state index in [0.29, 0.717) is 5.56 Å². The van der Waals surface area contributed by atoms with Crippen molar-refractivity contribution in [2.75, 3.05) is 20.1 Å². The highest BCUT2D eigenvalue weighted by Gasteiger charge is 2.12. The molecule has 0 aliphatic carbocycles. The summed E-state index contributed by atoms with van der Waals surface area (Å²) < 4.78 is 0. The van der Waals surface area contributed by atoms with Gasteiger partial charge in [-0.2, -0.15) is 0 Å². The molecule has 1 aromatic rings. The summed E-state index contributed by atoms with van der Waals surface area (Å²) in [5, 5.41) is 11.7. The van der Waals surface area contributed by atoms with E-state index in [2.05, 4.69) is 17.1 Å². The van der Waals surface area contributed by atoms with Crippen LogP contribution in [0.5, 0.6) is 0 Å². The molecule has 0 radical (unpaired) electrons. The summed E-state index contributed by atoms with van der Waals surface area (Å²) >= 11 is 0. The van der Waals surface area contributed by atoms with E-state index >= 15 is 0 Å². The number of rotatable bonds is 8. The van der Waals surface area contributed by atoms with Gasteiger partial charge in [0, 0.05) is 18.2 Å². The number of carboxylic acid groups (broad SMARTS) is 1. The molecule has 5 nitrogen and oxygen atoms in total. The summed E-state index contributed by atoms with van der Waals surface area (Å²) in [6, 6.07) is 5.99. The zero-order valence-corrected chi connectivity index (χ0v) is 12.9. The SMILES string of the molecule is CCCCN(C)C[C@H](C)NC(=O)c1ccc(C(=O)O)cc1. The Morgan fingerprint density at radius 1 is 1.24 bits per heavy atom. The van der Waals surface area contributed by atoms with Gasteiger partial charge in [0.15, 0.2) is 0 Å². The van der Waals surface area contributed by atoms with Gasteiger partial charge < -0.3 is 15.3 Å². The summed E-state index contributed by atoms with van der Waals surface area (Å²) in [6.45, 7) is 5.93. The van der Waals surface area contributed by atoms with Gasteiger partial charge in [-0.25, -0.2) is 4.79 Å². The van der Waals surface area contributed by atoms with Crippen LogP contribution in [-0.2, 0) is 0 Å². The highest BCUT2D eigenvalue weighted by molar-refractivity contribution is 5.96. The van der Waals surface area contributed by atoms with Crippen LogP contribution in [-0.4, -0.2) is 48.1 Å². The van der Waals surface area contributed by atoms with Crippen LogP contribution in [0.3, 0.4) is 0 Å². The number of benzene rings is 1. The van der Waals surface area contributed by atoms with Gasteiger partial charge in [0.2, 0.25) is 0 Å². The van der Waals surface area contributed by atoms with Gasteiger partial charge in [0.1, 0.15) is 0 Å². The fraction of sp³-hybridized carbons (Fsp3) is 0.500. The Morgan fingerprint density at radius 3 is 2.33 bits per heavy atom. The van der Waals surface area contributed by atoms with Crippen LogP contribution in [0, 0.1) is 0 Å². The second kappa shape index (κ2) is 8.42. The molecule has 0 aliphatic rings. The number of nitrogens with zero attached hydrogens (tertiary/aromatic N) is 1. The van der Waals surface area contributed by atoms with E-state index in [1.54, 1.807) is 0 Å². The van der Waals surface area contributed by atoms with E-state index in [0.717, 1.165) is 25.9 Å². The number of amides is 1. The Morgan fingerprint density at radius 2 is 1.81 bits per heavy atom. The number of carboxylic acids is 1. The fourth-order valence-corrected chi connectivity index (χ4v) is 2.10. The summed E-state index contributed by atoms with van der Waals surface area (Å²) in [6.07, 6.45) is 2.30. The average molecular weight is 292 g/mol. The van der Waals surface area contributed by atoms with Crippen molar-refractivity contribution in [3.63, 3.8) is 0 Å². The first kappa shape index (κ1) is 17.2. The summed E-state index contributed by atoms with van der Waals surface area (Å²) in [4.78, 5) is 25.0. The van der Waals surface area contributed by atoms with Gasteiger partial charge >= 0.3 is 5.97 Å². The third-order valence-electron chi connectivity index (χ3n) is 3.25. The number of unbranched alkanes of at least 4 members (excludes halogenated alkanes) is 1. The molecule has 1 aromatic carbocycles. The maximum atomic E-state index is 12.1. The number of aromatic carboxylic acids is 1. The minimum absolute atomic E-state index is 0.0403. The number of hydrogen-bond acceptors (Lipinski definition) is 3. The molecule has 0 spiro atoms. The summed E-state index contributed by atoms with van der Waals surface area (Å²) in [5.41, 5.74) is 0.655. The predicted molar refractivity (Wildman–Crippen MR) is 82.7 cm³/mol. The fourth-order valence-electron chi connectivity index (χ4n) is 2.10. The molecular formula is C16H24N2O3. The van der Waals surface area contributed by atoms with Crippen molar-refractivity contribution in [3.8, 4) is 0 Å². The van der Waals surface area contributed by atoms with Crippen molar-refractivity contribution in [2.45, 2.75) is 32.7 Å². The van der Waals surface area contributed by atoms with Crippen molar-refractivity contribution in [3.05, 3.63) is 35.4 Å². The van der Waals surface area contributed by atoms with Crippen molar-refractivity contribution < 1.29 is 14.7 Å². The van der Waals surface area contributed by atoms with Crippen LogP contribution >= 0.6 is 0 Å². The zero-order chi connectivity index (χ0) is 15.8. The molecule has 1 amide bonds. The van der Waals surface area contributed by atoms with Crippen LogP contribution < -0.4 is 5.32 Å². The highest BCUT2D eigenvalue weighted by Crippen LogP contribution is 2.05. The first-order valence-corrected chi connectivity index (χ1v) is 7.26. The first-order valence-electron chi connectivity index (χ1n) is 7.26. The molecular weight excluding hydrogens is 268 g/mol. The number of carbonyl (C=O) groups excluding carboxylic acids is 1. The van der Waals surface area contributed by atoms with Crippen molar-refractivity contribution in [1.82, 2.24) is 10.2 Å². The summed E-state index contributed by atoms with van der Waals surface area (Å²) in [5.74, 6) is -1.17. The first-order chi connectivity index (χ1) is 9.93. The number of carbonyl (C=O) groups is 2. The Kier molecular flexibility index (Phi) is 6.88. The predicted octanol–water partition coefficient (Wildman–Crippen LogP) is 2.24. The normalized spacial score (nSPS) is 12.2. The van der Waals surface area contributed by atoms with E-state index < -0.39 is 5.97 Å². The smallest absolute Gasteiger partial charge is 0.335 e. The van der Waals surface area contributed by atoms with Gasteiger partial charge in [-0.1, -0.05) is 13.3 Å². The molecule has 0 fully saturated rings.